The average molecular weight is 284 g/mol. The topological polar surface area (TPSA) is 50.2 Å². The monoisotopic (exact) mass is 283 g/mol. The Balaban J connectivity index is 3.45. The molecule has 1 N–H and O–H groups in total. The van der Waals surface area contributed by atoms with E-state index in [9.17, 15) is 18.0 Å². The number of hydrogen-bond donors (Lipinski definition) is 1. The van der Waals surface area contributed by atoms with E-state index >= 15 is 0 Å². The lowest BCUT2D eigenvalue weighted by atomic mass is 10.1. The van der Waals surface area contributed by atoms with Crippen molar-refractivity contribution in [3.05, 3.63) is 28.8 Å². The molecule has 3 nitrogen and oxygen atoms in total. The third kappa shape index (κ3) is 2.47. The number of hydrogen-bond acceptors (Lipinski definition) is 2. The minimum atomic E-state index is -2.94. The lowest BCUT2D eigenvalue weighted by Crippen LogP contribution is -2.10. The van der Waals surface area contributed by atoms with Gasteiger partial charge in [-0.1, -0.05) is 15.9 Å². The van der Waals surface area contributed by atoms with Crippen molar-refractivity contribution in [3.8, 4) is 0 Å². The number of aromatic carboxylic acids is 1. The second-order valence-corrected chi connectivity index (χ2v) is 3.16. The first-order valence-electron chi connectivity index (χ1n) is 3.74. The van der Waals surface area contributed by atoms with Crippen LogP contribution in [0.15, 0.2) is 6.07 Å². The maximum absolute atomic E-state index is 12.7. The van der Waals surface area contributed by atoms with E-state index in [0.29, 0.717) is 6.07 Å². The number of aromatic nitrogens is 1. The van der Waals surface area contributed by atoms with Gasteiger partial charge in [-0.2, -0.15) is 4.39 Å². The summed E-state index contributed by atoms with van der Waals surface area (Å²) >= 11 is 2.86. The normalized spacial score (nSPS) is 10.7. The van der Waals surface area contributed by atoms with Crippen molar-refractivity contribution in [1.29, 1.82) is 0 Å². The van der Waals surface area contributed by atoms with Crippen molar-refractivity contribution in [2.24, 2.45) is 0 Å². The molecule has 1 aromatic heterocycles. The summed E-state index contributed by atoms with van der Waals surface area (Å²) in [6, 6.07) is 0.535. The molecule has 1 aromatic rings. The first kappa shape index (κ1) is 12.0. The number of pyridine rings is 1. The van der Waals surface area contributed by atoms with E-state index in [1.165, 1.54) is 0 Å². The van der Waals surface area contributed by atoms with Gasteiger partial charge in [-0.15, -0.1) is 0 Å². The molecule has 0 radical (unpaired) electrons. The highest BCUT2D eigenvalue weighted by Gasteiger charge is 2.22. The fraction of sp³-hybridized carbons (Fsp3) is 0.250. The third-order valence-corrected chi connectivity index (χ3v) is 2.26. The average Bonchev–Trinajstić information content (AvgIpc) is 2.16. The largest absolute Gasteiger partial charge is 0.476 e. The predicted molar refractivity (Wildman–Crippen MR) is 48.7 cm³/mol. The molecule has 0 amide bonds. The summed E-state index contributed by atoms with van der Waals surface area (Å²) in [5, 5.41) is 8.51. The van der Waals surface area contributed by atoms with Crippen molar-refractivity contribution >= 4 is 21.9 Å². The number of carboxylic acids is 1. The zero-order valence-electron chi connectivity index (χ0n) is 7.18. The second-order valence-electron chi connectivity index (χ2n) is 2.60. The highest BCUT2D eigenvalue weighted by molar-refractivity contribution is 9.08. The molecule has 0 saturated carbocycles. The van der Waals surface area contributed by atoms with Crippen molar-refractivity contribution in [2.45, 2.75) is 11.8 Å². The Morgan fingerprint density at radius 1 is 1.60 bits per heavy atom. The molecule has 0 aromatic carbocycles. The summed E-state index contributed by atoms with van der Waals surface area (Å²) < 4.78 is 37.6. The summed E-state index contributed by atoms with van der Waals surface area (Å²) in [5.41, 5.74) is -1.56. The Morgan fingerprint density at radius 3 is 2.60 bits per heavy atom. The molecule has 0 aliphatic carbocycles. The third-order valence-electron chi connectivity index (χ3n) is 1.70. The number of rotatable bonds is 3. The highest BCUT2D eigenvalue weighted by atomic mass is 79.9. The smallest absolute Gasteiger partial charge is 0.354 e. The maximum atomic E-state index is 12.7. The van der Waals surface area contributed by atoms with Gasteiger partial charge in [0.1, 0.15) is 0 Å². The molecular weight excluding hydrogens is 279 g/mol. The molecule has 1 rings (SSSR count). The molecule has 0 aliphatic heterocycles. The van der Waals surface area contributed by atoms with Crippen molar-refractivity contribution < 1.29 is 23.1 Å². The Kier molecular flexibility index (Phi) is 3.67. The van der Waals surface area contributed by atoms with Crippen LogP contribution >= 0.6 is 15.9 Å². The van der Waals surface area contributed by atoms with Gasteiger partial charge in [0.25, 0.3) is 6.43 Å². The van der Waals surface area contributed by atoms with Gasteiger partial charge < -0.3 is 5.11 Å². The molecule has 82 valence electrons. The lowest BCUT2D eigenvalue weighted by molar-refractivity contribution is 0.0687. The first-order valence-corrected chi connectivity index (χ1v) is 4.86. The van der Waals surface area contributed by atoms with E-state index in [4.69, 9.17) is 5.11 Å². The number of halogens is 4. The number of carbonyl (C=O) groups is 1. The fourth-order valence-electron chi connectivity index (χ4n) is 1.07. The van der Waals surface area contributed by atoms with E-state index in [2.05, 4.69) is 20.9 Å². The molecule has 7 heteroatoms. The molecule has 0 unspecified atom stereocenters. The Morgan fingerprint density at radius 2 is 2.20 bits per heavy atom. The van der Waals surface area contributed by atoms with E-state index < -0.39 is 29.6 Å². The van der Waals surface area contributed by atoms with Gasteiger partial charge in [-0.3, -0.25) is 0 Å². The quantitative estimate of drug-likeness (QED) is 0.686. The van der Waals surface area contributed by atoms with Crippen LogP contribution in [0.4, 0.5) is 13.2 Å². The molecule has 0 saturated heterocycles. The van der Waals surface area contributed by atoms with E-state index in [-0.39, 0.29) is 10.9 Å². The SMILES string of the molecule is O=C(O)c1nc(F)cc(C(F)F)c1CBr. The number of nitrogens with zero attached hydrogens (tertiary/aromatic N) is 1. The second kappa shape index (κ2) is 4.61. The molecule has 0 aliphatic rings. The van der Waals surface area contributed by atoms with Crippen LogP contribution in [0.1, 0.15) is 28.0 Å². The van der Waals surface area contributed by atoms with Crippen LogP contribution < -0.4 is 0 Å². The van der Waals surface area contributed by atoms with Gasteiger partial charge in [0.15, 0.2) is 5.69 Å². The summed E-state index contributed by atoms with van der Waals surface area (Å²) in [7, 11) is 0. The molecule has 0 bridgehead atoms. The fourth-order valence-corrected chi connectivity index (χ4v) is 1.66. The van der Waals surface area contributed by atoms with Crippen LogP contribution in [-0.4, -0.2) is 16.1 Å². The van der Waals surface area contributed by atoms with Gasteiger partial charge >= 0.3 is 5.97 Å². The van der Waals surface area contributed by atoms with Crippen molar-refractivity contribution in [1.82, 2.24) is 4.98 Å². The summed E-state index contributed by atoms with van der Waals surface area (Å²) in [4.78, 5) is 13.7. The predicted octanol–water partition coefficient (Wildman–Crippen LogP) is 2.75. The zero-order valence-corrected chi connectivity index (χ0v) is 8.76. The van der Waals surface area contributed by atoms with Crippen LogP contribution in [0, 0.1) is 5.95 Å². The van der Waals surface area contributed by atoms with Crippen LogP contribution in [0.2, 0.25) is 0 Å². The van der Waals surface area contributed by atoms with Gasteiger partial charge in [0, 0.05) is 22.5 Å². The van der Waals surface area contributed by atoms with E-state index in [0.717, 1.165) is 0 Å². The van der Waals surface area contributed by atoms with Crippen molar-refractivity contribution in [3.63, 3.8) is 0 Å². The Bertz CT molecular complexity index is 398. The van der Waals surface area contributed by atoms with Crippen LogP contribution in [0.25, 0.3) is 0 Å². The molecule has 0 spiro atoms. The zero-order chi connectivity index (χ0) is 11.6. The van der Waals surface area contributed by atoms with Gasteiger partial charge in [-0.05, 0) is 0 Å². The first-order chi connectivity index (χ1) is 6.97. The van der Waals surface area contributed by atoms with Gasteiger partial charge in [0.05, 0.1) is 0 Å². The minimum absolute atomic E-state index is 0.123. The summed E-state index contributed by atoms with van der Waals surface area (Å²) in [6.45, 7) is 0. The van der Waals surface area contributed by atoms with Crippen LogP contribution in [0.5, 0.6) is 0 Å². The van der Waals surface area contributed by atoms with E-state index in [1.807, 2.05) is 0 Å². The lowest BCUT2D eigenvalue weighted by Gasteiger charge is -2.08. The molecule has 0 fully saturated rings. The van der Waals surface area contributed by atoms with Gasteiger partial charge in [0.2, 0.25) is 5.95 Å². The van der Waals surface area contributed by atoms with Crippen LogP contribution in [0.3, 0.4) is 0 Å². The summed E-state index contributed by atoms with van der Waals surface area (Å²) in [6.07, 6.45) is -2.94. The van der Waals surface area contributed by atoms with Crippen LogP contribution in [-0.2, 0) is 5.33 Å². The van der Waals surface area contributed by atoms with Gasteiger partial charge in [-0.25, -0.2) is 18.6 Å². The molecule has 0 atom stereocenters. The summed E-state index contributed by atoms with van der Waals surface area (Å²) in [5.74, 6) is -2.77. The Hall–Kier alpha value is -1.11. The maximum Gasteiger partial charge on any atom is 0.354 e. The van der Waals surface area contributed by atoms with E-state index in [1.54, 1.807) is 0 Å². The minimum Gasteiger partial charge on any atom is -0.476 e. The Labute approximate surface area is 91.1 Å². The standard InChI is InChI=1S/C8H5BrF3NO2/c9-2-4-3(7(11)12)1-5(10)13-6(4)8(14)15/h1,7H,2H2,(H,14,15). The molecular formula is C8H5BrF3NO2. The molecule has 15 heavy (non-hydrogen) atoms. The number of alkyl halides is 3. The highest BCUT2D eigenvalue weighted by Crippen LogP contribution is 2.27. The molecule has 1 heterocycles. The number of carboxylic acid groups (broad SMARTS) is 1. The van der Waals surface area contributed by atoms with Crippen molar-refractivity contribution in [2.75, 3.05) is 0 Å².